The fourth-order valence-corrected chi connectivity index (χ4v) is 2.67. The van der Waals surface area contributed by atoms with Gasteiger partial charge in [0, 0.05) is 21.3 Å². The molecule has 1 aliphatic heterocycles. The first-order valence-electron chi connectivity index (χ1n) is 5.11. The van der Waals surface area contributed by atoms with Crippen molar-refractivity contribution in [1.29, 1.82) is 0 Å². The molecule has 3 N–H and O–H groups in total. The summed E-state index contributed by atoms with van der Waals surface area (Å²) in [6, 6.07) is 1.96. The van der Waals surface area contributed by atoms with Gasteiger partial charge in [-0.05, 0) is 18.6 Å². The van der Waals surface area contributed by atoms with Gasteiger partial charge in [-0.3, -0.25) is 4.79 Å². The number of carboxylic acid groups (broad SMARTS) is 2. The molecule has 1 aliphatic rings. The summed E-state index contributed by atoms with van der Waals surface area (Å²) >= 11 is 11.8. The lowest BCUT2D eigenvalue weighted by molar-refractivity contribution is -0.140. The molecule has 0 saturated heterocycles. The lowest BCUT2D eigenvalue weighted by atomic mass is 9.87. The van der Waals surface area contributed by atoms with Gasteiger partial charge < -0.3 is 15.5 Å². The number of carbonyl (C=O) groups is 2. The van der Waals surface area contributed by atoms with Crippen LogP contribution in [0.25, 0.3) is 0 Å². The predicted octanol–water partition coefficient (Wildman–Crippen LogP) is 2.43. The van der Waals surface area contributed by atoms with Gasteiger partial charge in [-0.2, -0.15) is 0 Å². The highest BCUT2D eigenvalue weighted by molar-refractivity contribution is 6.36. The number of carboxylic acids is 2. The number of hydrogen-bond acceptors (Lipinski definition) is 3. The van der Waals surface area contributed by atoms with E-state index in [0.717, 1.165) is 0 Å². The maximum atomic E-state index is 11.2. The van der Waals surface area contributed by atoms with Crippen LogP contribution in [0, 0.1) is 0 Å². The molecule has 1 aromatic rings. The van der Waals surface area contributed by atoms with Crippen molar-refractivity contribution in [2.24, 2.45) is 0 Å². The first-order chi connectivity index (χ1) is 8.40. The first-order valence-corrected chi connectivity index (χ1v) is 5.87. The van der Waals surface area contributed by atoms with E-state index in [0.29, 0.717) is 16.3 Å². The van der Waals surface area contributed by atoms with Crippen LogP contribution in [0.1, 0.15) is 17.9 Å². The van der Waals surface area contributed by atoms with Gasteiger partial charge in [0.25, 0.3) is 0 Å². The molecule has 0 aromatic heterocycles. The average molecular weight is 290 g/mol. The van der Waals surface area contributed by atoms with E-state index >= 15 is 0 Å². The predicted molar refractivity (Wildman–Crippen MR) is 66.5 cm³/mol. The van der Waals surface area contributed by atoms with Crippen molar-refractivity contribution in [2.45, 2.75) is 18.4 Å². The van der Waals surface area contributed by atoms with E-state index in [9.17, 15) is 9.59 Å². The van der Waals surface area contributed by atoms with Gasteiger partial charge in [-0.25, -0.2) is 4.79 Å². The molecule has 96 valence electrons. The minimum Gasteiger partial charge on any atom is -0.481 e. The van der Waals surface area contributed by atoms with E-state index in [4.69, 9.17) is 33.4 Å². The number of hydrogen-bond donors (Lipinski definition) is 3. The molecule has 0 unspecified atom stereocenters. The zero-order valence-electron chi connectivity index (χ0n) is 8.98. The van der Waals surface area contributed by atoms with Crippen molar-refractivity contribution in [3.63, 3.8) is 0 Å². The van der Waals surface area contributed by atoms with Crippen molar-refractivity contribution in [3.05, 3.63) is 27.7 Å². The maximum absolute atomic E-state index is 11.2. The smallest absolute Gasteiger partial charge is 0.326 e. The average Bonchev–Trinajstić information content (AvgIpc) is 2.26. The quantitative estimate of drug-likeness (QED) is 0.778. The van der Waals surface area contributed by atoms with Crippen molar-refractivity contribution < 1.29 is 19.8 Å². The molecular formula is C11H9Cl2NO4. The van der Waals surface area contributed by atoms with E-state index in [1.807, 2.05) is 0 Å². The van der Waals surface area contributed by atoms with Crippen LogP contribution in [-0.4, -0.2) is 28.2 Å². The highest BCUT2D eigenvalue weighted by Crippen LogP contribution is 2.41. The van der Waals surface area contributed by atoms with Crippen molar-refractivity contribution in [3.8, 4) is 0 Å². The summed E-state index contributed by atoms with van der Waals surface area (Å²) in [5.74, 6) is -3.16. The molecule has 7 heteroatoms. The zero-order chi connectivity index (χ0) is 13.4. The Kier molecular flexibility index (Phi) is 3.36. The minimum absolute atomic E-state index is 0.0565. The summed E-state index contributed by atoms with van der Waals surface area (Å²) in [6.45, 7) is 0. The lowest BCUT2D eigenvalue weighted by Gasteiger charge is -2.29. The SMILES string of the molecule is O=C(O)[C@H]1C[C@@H](C(=O)O)c2c(Cl)cc(Cl)cc2N1. The molecule has 1 heterocycles. The standard InChI is InChI=1S/C11H9Cl2NO4/c12-4-1-6(13)9-5(10(15)16)3-8(11(17)18)14-7(9)2-4/h1-2,5,8,14H,3H2,(H,15,16)(H,17,18)/t5-,8-/m1/s1. The Bertz CT molecular complexity index is 532. The van der Waals surface area contributed by atoms with E-state index < -0.39 is 23.9 Å². The third-order valence-corrected chi connectivity index (χ3v) is 3.37. The van der Waals surface area contributed by atoms with Gasteiger partial charge in [0.2, 0.25) is 0 Å². The van der Waals surface area contributed by atoms with Crippen molar-refractivity contribution >= 4 is 40.8 Å². The number of fused-ring (bicyclic) bond motifs is 1. The van der Waals surface area contributed by atoms with E-state index in [1.165, 1.54) is 12.1 Å². The summed E-state index contributed by atoms with van der Waals surface area (Å²) in [6.07, 6.45) is -0.0565. The van der Waals surface area contributed by atoms with Crippen molar-refractivity contribution in [2.75, 3.05) is 5.32 Å². The number of benzene rings is 1. The van der Waals surface area contributed by atoms with Crippen LogP contribution in [0.3, 0.4) is 0 Å². The fraction of sp³-hybridized carbons (Fsp3) is 0.273. The van der Waals surface area contributed by atoms with Crippen LogP contribution in [0.2, 0.25) is 10.0 Å². The van der Waals surface area contributed by atoms with E-state index in [1.54, 1.807) is 0 Å². The van der Waals surface area contributed by atoms with Gasteiger partial charge >= 0.3 is 11.9 Å². The summed E-state index contributed by atoms with van der Waals surface area (Å²) in [5.41, 5.74) is 0.740. The number of rotatable bonds is 2. The second-order valence-corrected chi connectivity index (χ2v) is 4.85. The Morgan fingerprint density at radius 3 is 2.44 bits per heavy atom. The monoisotopic (exact) mass is 289 g/mol. The summed E-state index contributed by atoms with van der Waals surface area (Å²) < 4.78 is 0. The molecule has 5 nitrogen and oxygen atoms in total. The van der Waals surface area contributed by atoms with Crippen LogP contribution >= 0.6 is 23.2 Å². The molecule has 18 heavy (non-hydrogen) atoms. The van der Waals surface area contributed by atoms with E-state index in [-0.39, 0.29) is 11.4 Å². The zero-order valence-corrected chi connectivity index (χ0v) is 10.5. The summed E-state index contributed by atoms with van der Waals surface area (Å²) in [7, 11) is 0. The molecule has 2 atom stereocenters. The second-order valence-electron chi connectivity index (χ2n) is 4.01. The molecule has 0 radical (unpaired) electrons. The van der Waals surface area contributed by atoms with Crippen LogP contribution in [-0.2, 0) is 9.59 Å². The molecular weight excluding hydrogens is 281 g/mol. The van der Waals surface area contributed by atoms with Gasteiger partial charge in [0.1, 0.15) is 6.04 Å². The Morgan fingerprint density at radius 1 is 1.22 bits per heavy atom. The third-order valence-electron chi connectivity index (χ3n) is 2.84. The van der Waals surface area contributed by atoms with Crippen LogP contribution in [0.15, 0.2) is 12.1 Å². The third kappa shape index (κ3) is 2.23. The minimum atomic E-state index is -1.11. The van der Waals surface area contributed by atoms with Crippen LogP contribution < -0.4 is 5.32 Å². The first kappa shape index (κ1) is 13.0. The Hall–Kier alpha value is -1.46. The Balaban J connectivity index is 2.54. The highest BCUT2D eigenvalue weighted by Gasteiger charge is 2.36. The molecule has 0 amide bonds. The van der Waals surface area contributed by atoms with Gasteiger partial charge in [-0.1, -0.05) is 23.2 Å². The molecule has 2 rings (SSSR count). The Morgan fingerprint density at radius 2 is 1.89 bits per heavy atom. The van der Waals surface area contributed by atoms with Crippen LogP contribution in [0.5, 0.6) is 0 Å². The topological polar surface area (TPSA) is 86.6 Å². The number of halogens is 2. The van der Waals surface area contributed by atoms with Gasteiger partial charge in [0.05, 0.1) is 5.92 Å². The molecule has 0 bridgehead atoms. The highest BCUT2D eigenvalue weighted by atomic mass is 35.5. The van der Waals surface area contributed by atoms with Gasteiger partial charge in [0.15, 0.2) is 0 Å². The van der Waals surface area contributed by atoms with Crippen molar-refractivity contribution in [1.82, 2.24) is 0 Å². The molecule has 1 aromatic carbocycles. The summed E-state index contributed by atoms with van der Waals surface area (Å²) in [4.78, 5) is 22.2. The molecule has 0 saturated carbocycles. The summed E-state index contributed by atoms with van der Waals surface area (Å²) in [5, 5.41) is 21.4. The molecule has 0 spiro atoms. The van der Waals surface area contributed by atoms with E-state index in [2.05, 4.69) is 5.32 Å². The number of nitrogens with one attached hydrogen (secondary N) is 1. The van der Waals surface area contributed by atoms with Gasteiger partial charge in [-0.15, -0.1) is 0 Å². The number of anilines is 1. The van der Waals surface area contributed by atoms with Crippen LogP contribution in [0.4, 0.5) is 5.69 Å². The molecule has 0 fully saturated rings. The number of aliphatic carboxylic acids is 2. The maximum Gasteiger partial charge on any atom is 0.326 e. The fourth-order valence-electron chi connectivity index (χ4n) is 2.05. The largest absolute Gasteiger partial charge is 0.481 e. The Labute approximate surface area is 112 Å². The normalized spacial score (nSPS) is 21.9. The molecule has 0 aliphatic carbocycles. The lowest BCUT2D eigenvalue weighted by Crippen LogP contribution is -2.37. The second kappa shape index (κ2) is 4.66.